The summed E-state index contributed by atoms with van der Waals surface area (Å²) in [5.74, 6) is -8.01. The maximum Gasteiger partial charge on any atom is 0.574 e. The molecule has 33 heavy (non-hydrogen) atoms. The number of aromatic nitrogens is 1. The highest BCUT2D eigenvalue weighted by molar-refractivity contribution is 6.00. The Balaban J connectivity index is 1.74. The van der Waals surface area contributed by atoms with Crippen LogP contribution in [0.1, 0.15) is 44.2 Å². The minimum absolute atomic E-state index is 0.0441. The molecule has 1 aromatic rings. The van der Waals surface area contributed by atoms with Crippen molar-refractivity contribution in [2.75, 3.05) is 0 Å². The molecule has 0 radical (unpaired) electrons. The van der Waals surface area contributed by atoms with Crippen LogP contribution in [0.2, 0.25) is 0 Å². The van der Waals surface area contributed by atoms with E-state index < -0.39 is 61.0 Å². The standard InChI is InChI=1S/C19H21F7N6O/c20-16(21)6-4-10(8-16)18(12-2-1-3-13(29-12)33-19(24,25)26)31-14(27)30-15(32-18)28-11-5-7-17(22,23)9-11/h1-3,10-11H,4-9H2,(H4,27,28,30,31,32). The van der Waals surface area contributed by atoms with Crippen molar-refractivity contribution in [2.24, 2.45) is 21.6 Å². The summed E-state index contributed by atoms with van der Waals surface area (Å²) in [7, 11) is 0. The molecule has 3 unspecified atom stereocenters. The van der Waals surface area contributed by atoms with Gasteiger partial charge in [-0.3, -0.25) is 5.32 Å². The van der Waals surface area contributed by atoms with Gasteiger partial charge in [0.25, 0.3) is 0 Å². The van der Waals surface area contributed by atoms with Crippen LogP contribution in [0.4, 0.5) is 30.7 Å². The molecule has 0 bridgehead atoms. The van der Waals surface area contributed by atoms with E-state index in [-0.39, 0.29) is 36.9 Å². The number of hydrogen-bond acceptors (Lipinski definition) is 5. The Labute approximate surface area is 183 Å². The first-order valence-electron chi connectivity index (χ1n) is 10.2. The predicted octanol–water partition coefficient (Wildman–Crippen LogP) is 3.62. The lowest BCUT2D eigenvalue weighted by atomic mass is 9.87. The molecule has 4 N–H and O–H groups in total. The molecule has 2 saturated carbocycles. The first-order chi connectivity index (χ1) is 15.3. The monoisotopic (exact) mass is 482 g/mol. The molecule has 0 spiro atoms. The molecule has 2 fully saturated rings. The molecule has 3 aliphatic rings. The zero-order chi connectivity index (χ0) is 24.1. The number of aliphatic imine (C=N–C) groups is 2. The first kappa shape index (κ1) is 23.4. The van der Waals surface area contributed by atoms with E-state index in [2.05, 4.69) is 30.3 Å². The minimum Gasteiger partial charge on any atom is -0.388 e. The largest absolute Gasteiger partial charge is 0.574 e. The molecule has 4 rings (SSSR count). The third-order valence-electron chi connectivity index (χ3n) is 5.87. The fraction of sp³-hybridized carbons (Fsp3) is 0.632. The Bertz CT molecular complexity index is 966. The second-order valence-corrected chi connectivity index (χ2v) is 8.45. The molecule has 1 aromatic heterocycles. The number of rotatable bonds is 4. The van der Waals surface area contributed by atoms with Crippen molar-refractivity contribution in [2.45, 2.75) is 68.4 Å². The Morgan fingerprint density at radius 3 is 2.36 bits per heavy atom. The van der Waals surface area contributed by atoms with Crippen LogP contribution in [0.3, 0.4) is 0 Å². The molecule has 182 valence electrons. The molecule has 2 aliphatic carbocycles. The highest BCUT2D eigenvalue weighted by Gasteiger charge is 2.53. The summed E-state index contributed by atoms with van der Waals surface area (Å²) in [6, 6.07) is 2.70. The number of ether oxygens (including phenoxy) is 1. The van der Waals surface area contributed by atoms with Gasteiger partial charge in [0.2, 0.25) is 23.7 Å². The number of nitrogens with one attached hydrogen (secondary N) is 2. The number of halogens is 7. The van der Waals surface area contributed by atoms with Gasteiger partial charge in [-0.05, 0) is 18.9 Å². The van der Waals surface area contributed by atoms with Gasteiger partial charge in [-0.25, -0.2) is 32.5 Å². The lowest BCUT2D eigenvalue weighted by Crippen LogP contribution is -2.61. The van der Waals surface area contributed by atoms with Gasteiger partial charge in [0.15, 0.2) is 11.6 Å². The Morgan fingerprint density at radius 1 is 1.06 bits per heavy atom. The van der Waals surface area contributed by atoms with E-state index in [0.717, 1.165) is 6.07 Å². The molecule has 7 nitrogen and oxygen atoms in total. The molecule has 14 heteroatoms. The summed E-state index contributed by atoms with van der Waals surface area (Å²) in [5, 5.41) is 5.42. The number of pyridine rings is 1. The molecule has 0 aromatic carbocycles. The average Bonchev–Trinajstić information content (AvgIpc) is 3.21. The molecular formula is C19H21F7N6O. The Hall–Kier alpha value is -2.80. The van der Waals surface area contributed by atoms with E-state index >= 15 is 0 Å². The van der Waals surface area contributed by atoms with Crippen LogP contribution >= 0.6 is 0 Å². The second kappa shape index (κ2) is 7.90. The number of guanidine groups is 2. The van der Waals surface area contributed by atoms with E-state index in [1.165, 1.54) is 12.1 Å². The highest BCUT2D eigenvalue weighted by atomic mass is 19.4. The number of nitrogens with two attached hydrogens (primary N) is 1. The lowest BCUT2D eigenvalue weighted by Gasteiger charge is -2.40. The SMILES string of the molecule is NC1=NC(c2cccc(OC(F)(F)F)n2)(C2CCC(F)(F)C2)NC(=NC2CCC(F)(F)C2)N1. The summed E-state index contributed by atoms with van der Waals surface area (Å²) >= 11 is 0. The van der Waals surface area contributed by atoms with Crippen LogP contribution in [0, 0.1) is 5.92 Å². The van der Waals surface area contributed by atoms with Crippen LogP contribution in [0.25, 0.3) is 0 Å². The van der Waals surface area contributed by atoms with Crippen molar-refractivity contribution in [1.82, 2.24) is 15.6 Å². The quantitative estimate of drug-likeness (QED) is 0.570. The van der Waals surface area contributed by atoms with E-state index in [0.29, 0.717) is 0 Å². The fourth-order valence-electron chi connectivity index (χ4n) is 4.50. The number of nitrogens with zero attached hydrogens (tertiary/aromatic N) is 3. The Morgan fingerprint density at radius 2 is 1.76 bits per heavy atom. The van der Waals surface area contributed by atoms with Crippen LogP contribution < -0.4 is 21.1 Å². The number of hydrogen-bond donors (Lipinski definition) is 3. The van der Waals surface area contributed by atoms with Crippen LogP contribution in [0.5, 0.6) is 5.88 Å². The van der Waals surface area contributed by atoms with Crippen LogP contribution in [-0.4, -0.2) is 41.2 Å². The molecule has 0 saturated heterocycles. The zero-order valence-corrected chi connectivity index (χ0v) is 17.1. The van der Waals surface area contributed by atoms with Crippen molar-refractivity contribution in [1.29, 1.82) is 0 Å². The fourth-order valence-corrected chi connectivity index (χ4v) is 4.50. The summed E-state index contributed by atoms with van der Waals surface area (Å²) in [5.41, 5.74) is 3.93. The zero-order valence-electron chi connectivity index (χ0n) is 17.1. The van der Waals surface area contributed by atoms with Crippen molar-refractivity contribution in [3.05, 3.63) is 23.9 Å². The van der Waals surface area contributed by atoms with Gasteiger partial charge in [0.1, 0.15) is 0 Å². The summed E-state index contributed by atoms with van der Waals surface area (Å²) in [6.45, 7) is 0. The van der Waals surface area contributed by atoms with Gasteiger partial charge >= 0.3 is 6.36 Å². The van der Waals surface area contributed by atoms with Gasteiger partial charge in [-0.2, -0.15) is 0 Å². The smallest absolute Gasteiger partial charge is 0.388 e. The van der Waals surface area contributed by atoms with Crippen molar-refractivity contribution < 1.29 is 35.5 Å². The normalized spacial score (nSPS) is 32.2. The van der Waals surface area contributed by atoms with Crippen molar-refractivity contribution in [3.63, 3.8) is 0 Å². The number of alkyl halides is 7. The molecular weight excluding hydrogens is 461 g/mol. The van der Waals surface area contributed by atoms with Crippen LogP contribution in [0.15, 0.2) is 28.2 Å². The van der Waals surface area contributed by atoms with Crippen molar-refractivity contribution in [3.8, 4) is 5.88 Å². The Kier molecular flexibility index (Phi) is 5.60. The summed E-state index contributed by atoms with van der Waals surface area (Å²) in [4.78, 5) is 12.3. The van der Waals surface area contributed by atoms with Gasteiger partial charge in [-0.15, -0.1) is 13.2 Å². The minimum atomic E-state index is -5.02. The predicted molar refractivity (Wildman–Crippen MR) is 103 cm³/mol. The van der Waals surface area contributed by atoms with Gasteiger partial charge in [0, 0.05) is 37.7 Å². The van der Waals surface area contributed by atoms with E-state index in [1.807, 2.05) is 0 Å². The topological polar surface area (TPSA) is 96.9 Å². The van der Waals surface area contributed by atoms with E-state index in [9.17, 15) is 30.7 Å². The molecule has 2 heterocycles. The van der Waals surface area contributed by atoms with Gasteiger partial charge < -0.3 is 15.8 Å². The van der Waals surface area contributed by atoms with Crippen LogP contribution in [-0.2, 0) is 5.66 Å². The van der Waals surface area contributed by atoms with E-state index in [1.54, 1.807) is 0 Å². The van der Waals surface area contributed by atoms with E-state index in [4.69, 9.17) is 5.73 Å². The van der Waals surface area contributed by atoms with Gasteiger partial charge in [-0.1, -0.05) is 6.07 Å². The molecule has 0 amide bonds. The highest BCUT2D eigenvalue weighted by Crippen LogP contribution is 2.48. The molecule has 3 atom stereocenters. The molecule has 1 aliphatic heterocycles. The third kappa shape index (κ3) is 5.24. The maximum atomic E-state index is 14.1. The third-order valence-corrected chi connectivity index (χ3v) is 5.87. The van der Waals surface area contributed by atoms with Gasteiger partial charge in [0.05, 0.1) is 11.7 Å². The lowest BCUT2D eigenvalue weighted by molar-refractivity contribution is -0.276. The first-order valence-corrected chi connectivity index (χ1v) is 10.2. The van der Waals surface area contributed by atoms with Crippen molar-refractivity contribution >= 4 is 11.9 Å². The maximum absolute atomic E-state index is 14.1. The summed E-state index contributed by atoms with van der Waals surface area (Å²) in [6.07, 6.45) is -6.93. The average molecular weight is 482 g/mol. The second-order valence-electron chi connectivity index (χ2n) is 8.45. The summed E-state index contributed by atoms with van der Waals surface area (Å²) < 4.78 is 97.4.